The lowest BCUT2D eigenvalue weighted by Crippen LogP contribution is -2.43. The van der Waals surface area contributed by atoms with E-state index in [-0.39, 0.29) is 11.9 Å². The molecule has 3 nitrogen and oxygen atoms in total. The standard InChI is InChI=1S/C8H13NO2.C3H6.3C2H6/c1-7(11)9-5-3-2-4-8(9)6-10;1-3-2;3*1-2/h6,8H,2-5H2,1H3;3H,1H2,2H3;3*1-2H3. The van der Waals surface area contributed by atoms with Crippen molar-refractivity contribution in [3.63, 3.8) is 0 Å². The molecule has 0 radical (unpaired) electrons. The van der Waals surface area contributed by atoms with Gasteiger partial charge in [-0.1, -0.05) is 47.6 Å². The molecule has 0 bridgehead atoms. The van der Waals surface area contributed by atoms with Gasteiger partial charge >= 0.3 is 0 Å². The zero-order valence-corrected chi connectivity index (χ0v) is 15.0. The maximum atomic E-state index is 10.9. The van der Waals surface area contributed by atoms with Crippen LogP contribution in [-0.2, 0) is 9.59 Å². The SMILES string of the molecule is C=CC.CC.CC.CC.CC(=O)N1CCCCC1C=O. The molecule has 122 valence electrons. The minimum Gasteiger partial charge on any atom is -0.333 e. The molecule has 0 aromatic rings. The summed E-state index contributed by atoms with van der Waals surface area (Å²) < 4.78 is 0. The van der Waals surface area contributed by atoms with Crippen molar-refractivity contribution in [2.75, 3.05) is 6.54 Å². The summed E-state index contributed by atoms with van der Waals surface area (Å²) in [6.45, 7) is 19.5. The third-order valence-corrected chi connectivity index (χ3v) is 2.11. The predicted molar refractivity (Wildman–Crippen MR) is 91.0 cm³/mol. The largest absolute Gasteiger partial charge is 0.333 e. The molecule has 0 aliphatic carbocycles. The molecule has 1 atom stereocenters. The summed E-state index contributed by atoms with van der Waals surface area (Å²) in [5, 5.41) is 0. The lowest BCUT2D eigenvalue weighted by molar-refractivity contribution is -0.135. The molecule has 3 heteroatoms. The fourth-order valence-electron chi connectivity index (χ4n) is 1.49. The second kappa shape index (κ2) is 26.4. The number of amides is 1. The number of likely N-dealkylation sites (tertiary alicyclic amines) is 1. The van der Waals surface area contributed by atoms with Gasteiger partial charge in [-0.05, 0) is 26.2 Å². The van der Waals surface area contributed by atoms with Gasteiger partial charge in [-0.25, -0.2) is 0 Å². The number of allylic oxidation sites excluding steroid dienone is 1. The molecular weight excluding hydrogens is 250 g/mol. The van der Waals surface area contributed by atoms with E-state index in [1.165, 1.54) is 6.92 Å². The van der Waals surface area contributed by atoms with Crippen LogP contribution in [0.5, 0.6) is 0 Å². The van der Waals surface area contributed by atoms with Gasteiger partial charge in [0.1, 0.15) is 6.29 Å². The van der Waals surface area contributed by atoms with Crippen LogP contribution in [0.3, 0.4) is 0 Å². The summed E-state index contributed by atoms with van der Waals surface area (Å²) in [5.74, 6) is 0.0156. The Labute approximate surface area is 127 Å². The van der Waals surface area contributed by atoms with Crippen LogP contribution in [0.25, 0.3) is 0 Å². The number of carbonyl (C=O) groups is 2. The van der Waals surface area contributed by atoms with Gasteiger partial charge in [-0.2, -0.15) is 0 Å². The van der Waals surface area contributed by atoms with E-state index in [2.05, 4.69) is 6.58 Å². The maximum Gasteiger partial charge on any atom is 0.220 e. The Hall–Kier alpha value is -1.12. The van der Waals surface area contributed by atoms with E-state index in [1.807, 2.05) is 48.5 Å². The number of hydrogen-bond acceptors (Lipinski definition) is 2. The van der Waals surface area contributed by atoms with E-state index in [0.29, 0.717) is 0 Å². The van der Waals surface area contributed by atoms with Gasteiger partial charge in [-0.15, -0.1) is 6.58 Å². The van der Waals surface area contributed by atoms with Crippen LogP contribution in [0, 0.1) is 0 Å². The third kappa shape index (κ3) is 16.9. The number of nitrogens with zero attached hydrogens (tertiary/aromatic N) is 1. The molecule has 1 rings (SSSR count). The van der Waals surface area contributed by atoms with E-state index in [4.69, 9.17) is 0 Å². The van der Waals surface area contributed by atoms with Crippen molar-refractivity contribution < 1.29 is 9.59 Å². The summed E-state index contributed by atoms with van der Waals surface area (Å²) >= 11 is 0. The monoisotopic (exact) mass is 287 g/mol. The van der Waals surface area contributed by atoms with Crippen LogP contribution < -0.4 is 0 Å². The maximum absolute atomic E-state index is 10.9. The van der Waals surface area contributed by atoms with Crippen molar-refractivity contribution in [1.29, 1.82) is 0 Å². The molecule has 0 saturated carbocycles. The molecule has 1 saturated heterocycles. The molecule has 1 unspecified atom stereocenters. The molecule has 0 aromatic heterocycles. The number of carbonyl (C=O) groups excluding carboxylic acids is 2. The average molecular weight is 287 g/mol. The first-order valence-electron chi connectivity index (χ1n) is 7.97. The van der Waals surface area contributed by atoms with Crippen LogP contribution >= 0.6 is 0 Å². The second-order valence-electron chi connectivity index (χ2n) is 3.32. The lowest BCUT2D eigenvalue weighted by atomic mass is 10.0. The van der Waals surface area contributed by atoms with Crippen molar-refractivity contribution in [3.8, 4) is 0 Å². The number of hydrogen-bond donors (Lipinski definition) is 0. The summed E-state index contributed by atoms with van der Waals surface area (Å²) in [6.07, 6.45) is 5.56. The molecule has 1 amide bonds. The second-order valence-corrected chi connectivity index (χ2v) is 3.32. The summed E-state index contributed by atoms with van der Waals surface area (Å²) in [7, 11) is 0. The summed E-state index contributed by atoms with van der Waals surface area (Å²) in [4.78, 5) is 23.1. The van der Waals surface area contributed by atoms with Crippen molar-refractivity contribution >= 4 is 12.2 Å². The van der Waals surface area contributed by atoms with Crippen LogP contribution in [0.2, 0.25) is 0 Å². The first-order chi connectivity index (χ1) is 9.67. The zero-order valence-electron chi connectivity index (χ0n) is 15.0. The minimum absolute atomic E-state index is 0.0156. The van der Waals surface area contributed by atoms with Gasteiger partial charge in [0, 0.05) is 13.5 Å². The highest BCUT2D eigenvalue weighted by molar-refractivity contribution is 5.77. The smallest absolute Gasteiger partial charge is 0.220 e. The Kier molecular flexibility index (Phi) is 36.0. The van der Waals surface area contributed by atoms with Crippen LogP contribution in [0.15, 0.2) is 12.7 Å². The highest BCUT2D eigenvalue weighted by Crippen LogP contribution is 2.14. The molecule has 0 N–H and O–H groups in total. The molecule has 1 aliphatic rings. The van der Waals surface area contributed by atoms with Gasteiger partial charge in [0.05, 0.1) is 6.04 Å². The van der Waals surface area contributed by atoms with Gasteiger partial charge < -0.3 is 9.69 Å². The molecular formula is C17H37NO2. The van der Waals surface area contributed by atoms with Crippen molar-refractivity contribution in [2.45, 2.75) is 80.7 Å². The number of piperidine rings is 1. The molecule has 20 heavy (non-hydrogen) atoms. The van der Waals surface area contributed by atoms with E-state index >= 15 is 0 Å². The van der Waals surface area contributed by atoms with Crippen molar-refractivity contribution in [3.05, 3.63) is 12.7 Å². The normalized spacial score (nSPS) is 15.2. The average Bonchev–Trinajstić information content (AvgIpc) is 2.54. The molecule has 0 spiro atoms. The van der Waals surface area contributed by atoms with Crippen LogP contribution in [0.1, 0.15) is 74.7 Å². The number of rotatable bonds is 1. The molecule has 0 aromatic carbocycles. The predicted octanol–water partition coefficient (Wildman–Crippen LogP) is 4.86. The molecule has 1 fully saturated rings. The Morgan fingerprint density at radius 2 is 1.50 bits per heavy atom. The fourth-order valence-corrected chi connectivity index (χ4v) is 1.49. The van der Waals surface area contributed by atoms with Gasteiger partial charge in [0.2, 0.25) is 5.91 Å². The third-order valence-electron chi connectivity index (χ3n) is 2.11. The molecule has 1 aliphatic heterocycles. The lowest BCUT2D eigenvalue weighted by Gasteiger charge is -2.31. The summed E-state index contributed by atoms with van der Waals surface area (Å²) in [5.41, 5.74) is 0. The van der Waals surface area contributed by atoms with Crippen molar-refractivity contribution in [1.82, 2.24) is 4.90 Å². The summed E-state index contributed by atoms with van der Waals surface area (Å²) in [6, 6.07) is -0.152. The Morgan fingerprint density at radius 1 is 1.10 bits per heavy atom. The Balaban J connectivity index is -0.000000121. The quantitative estimate of drug-likeness (QED) is 0.510. The highest BCUT2D eigenvalue weighted by Gasteiger charge is 2.23. The first kappa shape index (κ1) is 27.3. The highest BCUT2D eigenvalue weighted by atomic mass is 16.2. The number of aldehydes is 1. The van der Waals surface area contributed by atoms with E-state index in [0.717, 1.165) is 32.1 Å². The zero-order chi connectivity index (χ0) is 17.0. The first-order valence-corrected chi connectivity index (χ1v) is 7.97. The van der Waals surface area contributed by atoms with Crippen LogP contribution in [-0.4, -0.2) is 29.7 Å². The van der Waals surface area contributed by atoms with Gasteiger partial charge in [0.25, 0.3) is 0 Å². The van der Waals surface area contributed by atoms with E-state index in [9.17, 15) is 9.59 Å². The van der Waals surface area contributed by atoms with Crippen molar-refractivity contribution in [2.24, 2.45) is 0 Å². The molecule has 1 heterocycles. The van der Waals surface area contributed by atoms with E-state index < -0.39 is 0 Å². The minimum atomic E-state index is -0.152. The van der Waals surface area contributed by atoms with E-state index in [1.54, 1.807) is 11.0 Å². The Bertz CT molecular complexity index is 203. The van der Waals surface area contributed by atoms with Crippen LogP contribution in [0.4, 0.5) is 0 Å². The fraction of sp³-hybridized carbons (Fsp3) is 0.765. The van der Waals surface area contributed by atoms with Gasteiger partial charge in [0.15, 0.2) is 0 Å². The topological polar surface area (TPSA) is 37.4 Å². The Morgan fingerprint density at radius 3 is 1.75 bits per heavy atom. The van der Waals surface area contributed by atoms with Gasteiger partial charge in [-0.3, -0.25) is 4.79 Å².